The van der Waals surface area contributed by atoms with Crippen molar-refractivity contribution in [3.8, 4) is 0 Å². The molecule has 3 aliphatic rings. The van der Waals surface area contributed by atoms with Gasteiger partial charge in [0.25, 0.3) is 0 Å². The molecule has 2 saturated heterocycles. The Hall–Kier alpha value is -1.46. The second kappa shape index (κ2) is 8.05. The van der Waals surface area contributed by atoms with Crippen LogP contribution in [0.4, 0.5) is 4.39 Å². The molecule has 3 fully saturated rings. The van der Waals surface area contributed by atoms with Crippen molar-refractivity contribution < 1.29 is 9.18 Å². The molecule has 1 aliphatic carbocycles. The van der Waals surface area contributed by atoms with Crippen LogP contribution in [0.3, 0.4) is 0 Å². The molecule has 1 aromatic carbocycles. The number of nitrogens with zero attached hydrogens (tertiary/aromatic N) is 2. The molecule has 1 amide bonds. The summed E-state index contributed by atoms with van der Waals surface area (Å²) in [5.41, 5.74) is 1.15. The Bertz CT molecular complexity index is 616. The van der Waals surface area contributed by atoms with Gasteiger partial charge in [0.15, 0.2) is 0 Å². The molecule has 0 radical (unpaired) electrons. The first kappa shape index (κ1) is 17.9. The molecule has 2 atom stereocenters. The van der Waals surface area contributed by atoms with E-state index < -0.39 is 0 Å². The molecule has 0 aromatic heterocycles. The van der Waals surface area contributed by atoms with Crippen LogP contribution >= 0.6 is 0 Å². The average Bonchev–Trinajstić information content (AvgIpc) is 2.93. The van der Waals surface area contributed by atoms with Gasteiger partial charge in [-0.05, 0) is 62.3 Å². The van der Waals surface area contributed by atoms with Gasteiger partial charge in [-0.2, -0.15) is 0 Å². The van der Waals surface area contributed by atoms with Crippen molar-refractivity contribution >= 4 is 5.91 Å². The Morgan fingerprint density at radius 3 is 2.62 bits per heavy atom. The quantitative estimate of drug-likeness (QED) is 0.897. The number of benzene rings is 1. The van der Waals surface area contributed by atoms with Gasteiger partial charge < -0.3 is 10.2 Å². The van der Waals surface area contributed by atoms with Crippen LogP contribution in [0, 0.1) is 11.7 Å². The summed E-state index contributed by atoms with van der Waals surface area (Å²) in [6.07, 6.45) is 6.93. The molecular formula is C21H30FN3O. The monoisotopic (exact) mass is 359 g/mol. The molecule has 142 valence electrons. The van der Waals surface area contributed by atoms with Gasteiger partial charge in [-0.3, -0.25) is 9.69 Å². The third-order valence-corrected chi connectivity index (χ3v) is 6.39. The Balaban J connectivity index is 1.27. The third-order valence-electron chi connectivity index (χ3n) is 6.39. The van der Waals surface area contributed by atoms with Crippen molar-refractivity contribution in [2.24, 2.45) is 5.92 Å². The van der Waals surface area contributed by atoms with Crippen LogP contribution in [-0.2, 0) is 11.2 Å². The van der Waals surface area contributed by atoms with Gasteiger partial charge in [-0.1, -0.05) is 18.6 Å². The first-order valence-electron chi connectivity index (χ1n) is 10.2. The Kier molecular flexibility index (Phi) is 5.55. The lowest BCUT2D eigenvalue weighted by Gasteiger charge is -2.36. The number of nitrogens with one attached hydrogen (secondary N) is 1. The van der Waals surface area contributed by atoms with Crippen molar-refractivity contribution in [3.05, 3.63) is 35.6 Å². The molecule has 0 unspecified atom stereocenters. The SMILES string of the molecule is O=C([C@@H]1C[C@@H](Cc2ccc(F)cc2)CN1)N1CCCN(C2CCC2)CC1. The topological polar surface area (TPSA) is 35.6 Å². The molecule has 4 nitrogen and oxygen atoms in total. The van der Waals surface area contributed by atoms with Crippen LogP contribution in [-0.4, -0.2) is 60.5 Å². The maximum Gasteiger partial charge on any atom is 0.239 e. The fourth-order valence-electron chi connectivity index (χ4n) is 4.60. The van der Waals surface area contributed by atoms with Gasteiger partial charge in [0, 0.05) is 32.2 Å². The smallest absolute Gasteiger partial charge is 0.239 e. The first-order chi connectivity index (χ1) is 12.7. The number of hydrogen-bond acceptors (Lipinski definition) is 3. The van der Waals surface area contributed by atoms with E-state index in [1.165, 1.54) is 31.4 Å². The van der Waals surface area contributed by atoms with Crippen LogP contribution in [0.2, 0.25) is 0 Å². The highest BCUT2D eigenvalue weighted by atomic mass is 19.1. The number of hydrogen-bond donors (Lipinski definition) is 1. The van der Waals surface area contributed by atoms with Gasteiger partial charge >= 0.3 is 0 Å². The molecule has 2 heterocycles. The Morgan fingerprint density at radius 2 is 1.88 bits per heavy atom. The van der Waals surface area contributed by atoms with Crippen LogP contribution in [0.1, 0.15) is 37.7 Å². The van der Waals surface area contributed by atoms with E-state index in [0.29, 0.717) is 5.92 Å². The van der Waals surface area contributed by atoms with Gasteiger partial charge in [0.05, 0.1) is 6.04 Å². The molecule has 1 aromatic rings. The van der Waals surface area contributed by atoms with E-state index in [1.54, 1.807) is 0 Å². The first-order valence-corrected chi connectivity index (χ1v) is 10.2. The summed E-state index contributed by atoms with van der Waals surface area (Å²) in [4.78, 5) is 17.6. The average molecular weight is 359 g/mol. The van der Waals surface area contributed by atoms with Crippen LogP contribution in [0.5, 0.6) is 0 Å². The molecule has 1 N–H and O–H groups in total. The number of rotatable bonds is 4. The number of halogens is 1. The second-order valence-electron chi connectivity index (χ2n) is 8.19. The molecule has 2 aliphatic heterocycles. The number of carbonyl (C=O) groups is 1. The summed E-state index contributed by atoms with van der Waals surface area (Å²) in [5.74, 6) is 0.540. The maximum atomic E-state index is 13.0. The van der Waals surface area contributed by atoms with Crippen molar-refractivity contribution in [1.29, 1.82) is 0 Å². The molecule has 5 heteroatoms. The lowest BCUT2D eigenvalue weighted by molar-refractivity contribution is -0.133. The minimum atomic E-state index is -0.191. The summed E-state index contributed by atoms with van der Waals surface area (Å²) in [7, 11) is 0. The van der Waals surface area contributed by atoms with E-state index in [9.17, 15) is 9.18 Å². The van der Waals surface area contributed by atoms with Gasteiger partial charge in [-0.25, -0.2) is 4.39 Å². The largest absolute Gasteiger partial charge is 0.340 e. The second-order valence-corrected chi connectivity index (χ2v) is 8.19. The summed E-state index contributed by atoms with van der Waals surface area (Å²) in [6.45, 7) is 4.80. The zero-order valence-electron chi connectivity index (χ0n) is 15.5. The van der Waals surface area contributed by atoms with Gasteiger partial charge in [-0.15, -0.1) is 0 Å². The highest BCUT2D eigenvalue weighted by Gasteiger charge is 2.34. The van der Waals surface area contributed by atoms with E-state index in [1.807, 2.05) is 12.1 Å². The molecule has 0 bridgehead atoms. The maximum absolute atomic E-state index is 13.0. The molecule has 1 saturated carbocycles. The summed E-state index contributed by atoms with van der Waals surface area (Å²) >= 11 is 0. The fourth-order valence-corrected chi connectivity index (χ4v) is 4.60. The summed E-state index contributed by atoms with van der Waals surface area (Å²) < 4.78 is 13.0. The molecular weight excluding hydrogens is 329 g/mol. The Morgan fingerprint density at radius 1 is 1.08 bits per heavy atom. The highest BCUT2D eigenvalue weighted by Crippen LogP contribution is 2.26. The van der Waals surface area contributed by atoms with Crippen molar-refractivity contribution in [1.82, 2.24) is 15.1 Å². The van der Waals surface area contributed by atoms with Crippen molar-refractivity contribution in [2.75, 3.05) is 32.7 Å². The predicted octanol–water partition coefficient (Wildman–Crippen LogP) is 2.43. The minimum Gasteiger partial charge on any atom is -0.340 e. The van der Waals surface area contributed by atoms with Crippen LogP contribution < -0.4 is 5.32 Å². The van der Waals surface area contributed by atoms with Gasteiger partial charge in [0.2, 0.25) is 5.91 Å². The Labute approximate surface area is 155 Å². The van der Waals surface area contributed by atoms with Crippen LogP contribution in [0.25, 0.3) is 0 Å². The highest BCUT2D eigenvalue weighted by molar-refractivity contribution is 5.82. The summed E-state index contributed by atoms with van der Waals surface area (Å²) in [5, 5.41) is 3.43. The molecule has 4 rings (SSSR count). The molecule has 0 spiro atoms. The van der Waals surface area contributed by atoms with E-state index in [0.717, 1.165) is 63.6 Å². The van der Waals surface area contributed by atoms with E-state index in [2.05, 4.69) is 15.1 Å². The standard InChI is InChI=1S/C21H30FN3O/c22-18-7-5-16(6-8-18)13-17-14-20(23-15-17)21(26)25-10-2-9-24(11-12-25)19-3-1-4-19/h5-8,17,19-20,23H,1-4,9-15H2/t17-,20+/m1/s1. The van der Waals surface area contributed by atoms with Crippen molar-refractivity contribution in [3.63, 3.8) is 0 Å². The van der Waals surface area contributed by atoms with E-state index in [-0.39, 0.29) is 17.8 Å². The normalized spacial score (nSPS) is 28.0. The fraction of sp³-hybridized carbons (Fsp3) is 0.667. The van der Waals surface area contributed by atoms with Gasteiger partial charge in [0.1, 0.15) is 5.82 Å². The van der Waals surface area contributed by atoms with Crippen LogP contribution in [0.15, 0.2) is 24.3 Å². The zero-order chi connectivity index (χ0) is 17.9. The number of amides is 1. The van der Waals surface area contributed by atoms with E-state index >= 15 is 0 Å². The molecule has 26 heavy (non-hydrogen) atoms. The van der Waals surface area contributed by atoms with Crippen molar-refractivity contribution in [2.45, 2.75) is 50.6 Å². The summed E-state index contributed by atoms with van der Waals surface area (Å²) in [6, 6.07) is 7.48. The third kappa shape index (κ3) is 4.09. The minimum absolute atomic E-state index is 0.0456. The van der Waals surface area contributed by atoms with E-state index in [4.69, 9.17) is 0 Å². The predicted molar refractivity (Wildman–Crippen MR) is 100 cm³/mol. The lowest BCUT2D eigenvalue weighted by atomic mass is 9.91. The zero-order valence-corrected chi connectivity index (χ0v) is 15.5. The lowest BCUT2D eigenvalue weighted by Crippen LogP contribution is -2.46. The number of carbonyl (C=O) groups excluding carboxylic acids is 1.